The Morgan fingerprint density at radius 1 is 0.727 bits per heavy atom. The second kappa shape index (κ2) is 8.53. The maximum atomic E-state index is 11.7. The van der Waals surface area contributed by atoms with Gasteiger partial charge in [0.1, 0.15) is 11.5 Å². The summed E-state index contributed by atoms with van der Waals surface area (Å²) in [5.41, 5.74) is 1.78. The molecule has 22 heavy (non-hydrogen) atoms. The lowest BCUT2D eigenvalue weighted by Crippen LogP contribution is -2.03. The van der Waals surface area contributed by atoms with E-state index in [4.69, 9.17) is 17.8 Å². The van der Waals surface area contributed by atoms with Crippen molar-refractivity contribution in [3.8, 4) is 11.5 Å². The predicted octanol–water partition coefficient (Wildman–Crippen LogP) is 3.02. The zero-order valence-electron chi connectivity index (χ0n) is 12.5. The summed E-state index contributed by atoms with van der Waals surface area (Å²) >= 11 is -1.80. The summed E-state index contributed by atoms with van der Waals surface area (Å²) in [5, 5.41) is 0. The van der Waals surface area contributed by atoms with E-state index in [0.29, 0.717) is 0 Å². The molecule has 0 spiro atoms. The SMILES string of the molecule is COc1ccc(COS(=O)OCc2ccc(OC)cc2)cc1. The van der Waals surface area contributed by atoms with E-state index >= 15 is 0 Å². The molecule has 5 nitrogen and oxygen atoms in total. The average molecular weight is 322 g/mol. The van der Waals surface area contributed by atoms with Crippen molar-refractivity contribution in [2.75, 3.05) is 14.2 Å². The van der Waals surface area contributed by atoms with Gasteiger partial charge in [0.15, 0.2) is 0 Å². The van der Waals surface area contributed by atoms with Gasteiger partial charge in [-0.15, -0.1) is 0 Å². The molecule has 118 valence electrons. The minimum atomic E-state index is -1.80. The molecule has 0 N–H and O–H groups in total. The van der Waals surface area contributed by atoms with Gasteiger partial charge in [0.2, 0.25) is 0 Å². The molecular weight excluding hydrogens is 304 g/mol. The van der Waals surface area contributed by atoms with Crippen LogP contribution in [0, 0.1) is 0 Å². The Hall–Kier alpha value is -1.89. The first kappa shape index (κ1) is 16.5. The lowest BCUT2D eigenvalue weighted by Gasteiger charge is -2.06. The Balaban J connectivity index is 1.74. The molecule has 0 aliphatic rings. The maximum absolute atomic E-state index is 11.7. The first-order valence-electron chi connectivity index (χ1n) is 6.65. The van der Waals surface area contributed by atoms with Crippen LogP contribution in [0.15, 0.2) is 48.5 Å². The molecule has 0 aliphatic carbocycles. The van der Waals surface area contributed by atoms with Gasteiger partial charge in [0, 0.05) is 0 Å². The molecular formula is C16H18O5S. The standard InChI is InChI=1S/C16H18O5S/c1-18-15-7-3-13(4-8-15)11-20-22(17)21-12-14-5-9-16(19-2)10-6-14/h3-10H,11-12H2,1-2H3. The van der Waals surface area contributed by atoms with Crippen LogP contribution in [0.25, 0.3) is 0 Å². The van der Waals surface area contributed by atoms with Crippen LogP contribution >= 0.6 is 0 Å². The molecule has 0 aliphatic heterocycles. The number of hydrogen-bond donors (Lipinski definition) is 0. The minimum Gasteiger partial charge on any atom is -0.497 e. The second-order valence-corrected chi connectivity index (χ2v) is 5.30. The molecule has 0 aromatic heterocycles. The molecule has 0 saturated heterocycles. The molecule has 0 bridgehead atoms. The van der Waals surface area contributed by atoms with Gasteiger partial charge in [0.25, 0.3) is 0 Å². The second-order valence-electron chi connectivity index (χ2n) is 4.42. The van der Waals surface area contributed by atoms with Gasteiger partial charge in [-0.3, -0.25) is 8.37 Å². The van der Waals surface area contributed by atoms with Crippen LogP contribution in [0.5, 0.6) is 11.5 Å². The van der Waals surface area contributed by atoms with Gasteiger partial charge >= 0.3 is 11.4 Å². The van der Waals surface area contributed by atoms with E-state index in [2.05, 4.69) is 0 Å². The summed E-state index contributed by atoms with van der Waals surface area (Å²) in [4.78, 5) is 0. The van der Waals surface area contributed by atoms with Crippen LogP contribution in [0.4, 0.5) is 0 Å². The molecule has 0 unspecified atom stereocenters. The zero-order valence-corrected chi connectivity index (χ0v) is 13.3. The first-order valence-corrected chi connectivity index (χ1v) is 7.65. The lowest BCUT2D eigenvalue weighted by molar-refractivity contribution is 0.236. The van der Waals surface area contributed by atoms with E-state index < -0.39 is 11.4 Å². The highest BCUT2D eigenvalue weighted by atomic mass is 32.2. The fourth-order valence-electron chi connectivity index (χ4n) is 1.71. The van der Waals surface area contributed by atoms with E-state index in [-0.39, 0.29) is 13.2 Å². The quantitative estimate of drug-likeness (QED) is 0.748. The number of methoxy groups -OCH3 is 2. The van der Waals surface area contributed by atoms with Crippen LogP contribution in [0.2, 0.25) is 0 Å². The molecule has 0 radical (unpaired) electrons. The summed E-state index contributed by atoms with van der Waals surface area (Å²) in [5.74, 6) is 1.53. The van der Waals surface area contributed by atoms with Crippen molar-refractivity contribution in [2.24, 2.45) is 0 Å². The topological polar surface area (TPSA) is 54.0 Å². The smallest absolute Gasteiger partial charge is 0.305 e. The largest absolute Gasteiger partial charge is 0.497 e. The van der Waals surface area contributed by atoms with Crippen molar-refractivity contribution in [3.63, 3.8) is 0 Å². The van der Waals surface area contributed by atoms with E-state index in [1.54, 1.807) is 14.2 Å². The summed E-state index contributed by atoms with van der Waals surface area (Å²) in [7, 11) is 3.21. The first-order chi connectivity index (χ1) is 10.7. The molecule has 2 rings (SSSR count). The fraction of sp³-hybridized carbons (Fsp3) is 0.250. The average Bonchev–Trinajstić information content (AvgIpc) is 2.59. The zero-order chi connectivity index (χ0) is 15.8. The van der Waals surface area contributed by atoms with Gasteiger partial charge in [-0.2, -0.15) is 4.21 Å². The Kier molecular flexibility index (Phi) is 6.39. The summed E-state index contributed by atoms with van der Waals surface area (Å²) in [6.45, 7) is 0.415. The summed E-state index contributed by atoms with van der Waals surface area (Å²) < 4.78 is 32.1. The fourth-order valence-corrected chi connectivity index (χ4v) is 2.24. The molecule has 0 heterocycles. The van der Waals surface area contributed by atoms with Crippen molar-refractivity contribution < 1.29 is 22.0 Å². The molecule has 0 amide bonds. The lowest BCUT2D eigenvalue weighted by atomic mass is 10.2. The van der Waals surface area contributed by atoms with Gasteiger partial charge < -0.3 is 9.47 Å². The Morgan fingerprint density at radius 3 is 1.41 bits per heavy atom. The molecule has 2 aromatic carbocycles. The monoisotopic (exact) mass is 322 g/mol. The number of hydrogen-bond acceptors (Lipinski definition) is 5. The van der Waals surface area contributed by atoms with Crippen molar-refractivity contribution in [2.45, 2.75) is 13.2 Å². The number of ether oxygens (including phenoxy) is 2. The van der Waals surface area contributed by atoms with E-state index in [1.807, 2.05) is 48.5 Å². The van der Waals surface area contributed by atoms with Gasteiger partial charge in [-0.1, -0.05) is 24.3 Å². The van der Waals surface area contributed by atoms with Crippen LogP contribution in [-0.2, 0) is 32.9 Å². The molecule has 0 atom stereocenters. The number of rotatable bonds is 8. The third-order valence-corrected chi connectivity index (χ3v) is 3.58. The Bertz CT molecular complexity index is 541. The molecule has 2 aromatic rings. The van der Waals surface area contributed by atoms with Crippen molar-refractivity contribution in [3.05, 3.63) is 59.7 Å². The Morgan fingerprint density at radius 2 is 1.09 bits per heavy atom. The third kappa shape index (κ3) is 5.14. The molecule has 0 saturated carbocycles. The van der Waals surface area contributed by atoms with Crippen LogP contribution < -0.4 is 9.47 Å². The van der Waals surface area contributed by atoms with Crippen LogP contribution in [-0.4, -0.2) is 18.4 Å². The third-order valence-electron chi connectivity index (χ3n) is 2.96. The highest BCUT2D eigenvalue weighted by molar-refractivity contribution is 7.75. The summed E-state index contributed by atoms with van der Waals surface area (Å²) in [6, 6.07) is 14.7. The highest BCUT2D eigenvalue weighted by Gasteiger charge is 2.04. The normalized spacial score (nSPS) is 10.7. The van der Waals surface area contributed by atoms with Crippen molar-refractivity contribution >= 4 is 11.4 Å². The highest BCUT2D eigenvalue weighted by Crippen LogP contribution is 2.14. The minimum absolute atomic E-state index is 0.208. The Labute approximate surface area is 132 Å². The van der Waals surface area contributed by atoms with Crippen LogP contribution in [0.1, 0.15) is 11.1 Å². The summed E-state index contributed by atoms with van der Waals surface area (Å²) in [6.07, 6.45) is 0. The number of benzene rings is 2. The predicted molar refractivity (Wildman–Crippen MR) is 83.7 cm³/mol. The van der Waals surface area contributed by atoms with Gasteiger partial charge in [-0.25, -0.2) is 0 Å². The van der Waals surface area contributed by atoms with E-state index in [9.17, 15) is 4.21 Å². The van der Waals surface area contributed by atoms with E-state index in [0.717, 1.165) is 22.6 Å². The van der Waals surface area contributed by atoms with Gasteiger partial charge in [-0.05, 0) is 35.4 Å². The van der Waals surface area contributed by atoms with E-state index in [1.165, 1.54) is 0 Å². The van der Waals surface area contributed by atoms with Gasteiger partial charge in [0.05, 0.1) is 27.4 Å². The van der Waals surface area contributed by atoms with Crippen LogP contribution in [0.3, 0.4) is 0 Å². The molecule has 0 fully saturated rings. The maximum Gasteiger partial charge on any atom is 0.305 e. The van der Waals surface area contributed by atoms with Crippen molar-refractivity contribution in [1.29, 1.82) is 0 Å². The van der Waals surface area contributed by atoms with Crippen molar-refractivity contribution in [1.82, 2.24) is 0 Å². The molecule has 6 heteroatoms.